The molecule has 5 nitrogen and oxygen atoms in total. The highest BCUT2D eigenvalue weighted by atomic mass is 16.5. The smallest absolute Gasteiger partial charge is 0.127 e. The van der Waals surface area contributed by atoms with Crippen LogP contribution in [-0.4, -0.2) is 51.0 Å². The van der Waals surface area contributed by atoms with Crippen molar-refractivity contribution in [2.45, 2.75) is 12.1 Å². The number of ether oxygens (including phenoxy) is 3. The van der Waals surface area contributed by atoms with Crippen LogP contribution in [0, 0.1) is 0 Å². The van der Waals surface area contributed by atoms with Crippen molar-refractivity contribution in [2.24, 2.45) is 5.73 Å². The molecule has 1 aromatic carbocycles. The minimum absolute atomic E-state index is 0.000931. The van der Waals surface area contributed by atoms with Gasteiger partial charge in [0.25, 0.3) is 0 Å². The lowest BCUT2D eigenvalue weighted by atomic mass is 9.94. The van der Waals surface area contributed by atoms with Crippen LogP contribution < -0.4 is 15.2 Å². The summed E-state index contributed by atoms with van der Waals surface area (Å²) in [6.45, 7) is 3.93. The molecule has 2 aliphatic heterocycles. The summed E-state index contributed by atoms with van der Waals surface area (Å²) < 4.78 is 16.4. The predicted octanol–water partition coefficient (Wildman–Crippen LogP) is 0.788. The zero-order chi connectivity index (χ0) is 13.2. The molecule has 0 radical (unpaired) electrons. The van der Waals surface area contributed by atoms with Gasteiger partial charge in [-0.25, -0.2) is 0 Å². The summed E-state index contributed by atoms with van der Waals surface area (Å²) in [6.07, 6.45) is 0. The molecule has 0 bridgehead atoms. The monoisotopic (exact) mass is 264 g/mol. The first-order chi connectivity index (χ1) is 9.29. The maximum absolute atomic E-state index is 6.26. The van der Waals surface area contributed by atoms with E-state index in [0.717, 1.165) is 43.4 Å². The van der Waals surface area contributed by atoms with Crippen molar-refractivity contribution in [1.29, 1.82) is 0 Å². The Bertz CT molecular complexity index is 446. The van der Waals surface area contributed by atoms with Gasteiger partial charge < -0.3 is 19.9 Å². The predicted molar refractivity (Wildman–Crippen MR) is 71.6 cm³/mol. The van der Waals surface area contributed by atoms with Crippen molar-refractivity contribution in [3.63, 3.8) is 0 Å². The van der Waals surface area contributed by atoms with Gasteiger partial charge in [0, 0.05) is 24.7 Å². The van der Waals surface area contributed by atoms with E-state index < -0.39 is 0 Å². The maximum atomic E-state index is 6.26. The number of hydrogen-bond acceptors (Lipinski definition) is 5. The summed E-state index contributed by atoms with van der Waals surface area (Å²) in [5, 5.41) is 0. The second-order valence-electron chi connectivity index (χ2n) is 4.97. The molecule has 19 heavy (non-hydrogen) atoms. The second kappa shape index (κ2) is 5.36. The Morgan fingerprint density at radius 3 is 2.84 bits per heavy atom. The number of rotatable bonds is 2. The van der Waals surface area contributed by atoms with Crippen LogP contribution in [0.5, 0.6) is 11.5 Å². The van der Waals surface area contributed by atoms with Gasteiger partial charge in [0.15, 0.2) is 0 Å². The van der Waals surface area contributed by atoms with Gasteiger partial charge in [0.2, 0.25) is 0 Å². The van der Waals surface area contributed by atoms with Crippen molar-refractivity contribution < 1.29 is 14.2 Å². The van der Waals surface area contributed by atoms with Crippen LogP contribution in [0.25, 0.3) is 0 Å². The molecule has 104 valence electrons. The molecule has 2 N–H and O–H groups in total. The van der Waals surface area contributed by atoms with Crippen LogP contribution in [0.1, 0.15) is 11.6 Å². The maximum Gasteiger partial charge on any atom is 0.127 e. The Labute approximate surface area is 113 Å². The molecule has 3 rings (SSSR count). The standard InChI is InChI=1S/C14H20N2O3/c1-17-10-2-3-11-13(8-10)19-9-12(15)14(11)16-4-6-18-7-5-16/h2-3,8,12,14H,4-7,9,15H2,1H3. The molecule has 1 fully saturated rings. The molecule has 0 spiro atoms. The van der Waals surface area contributed by atoms with Gasteiger partial charge in [-0.15, -0.1) is 0 Å². The number of methoxy groups -OCH3 is 1. The first-order valence-corrected chi connectivity index (χ1v) is 6.67. The van der Waals surface area contributed by atoms with E-state index in [1.54, 1.807) is 7.11 Å². The molecule has 1 saturated heterocycles. The van der Waals surface area contributed by atoms with Crippen molar-refractivity contribution in [3.05, 3.63) is 23.8 Å². The lowest BCUT2D eigenvalue weighted by Gasteiger charge is -2.41. The average molecular weight is 264 g/mol. The average Bonchev–Trinajstić information content (AvgIpc) is 2.47. The lowest BCUT2D eigenvalue weighted by Crippen LogP contribution is -2.50. The Kier molecular flexibility index (Phi) is 3.59. The summed E-state index contributed by atoms with van der Waals surface area (Å²) >= 11 is 0. The normalized spacial score (nSPS) is 27.5. The van der Waals surface area contributed by atoms with Gasteiger partial charge in [0.05, 0.1) is 32.4 Å². The molecule has 2 heterocycles. The molecule has 1 aromatic rings. The summed E-state index contributed by atoms with van der Waals surface area (Å²) in [5.74, 6) is 1.70. The largest absolute Gasteiger partial charge is 0.497 e. The highest BCUT2D eigenvalue weighted by Crippen LogP contribution is 2.37. The SMILES string of the molecule is COc1ccc2c(c1)OCC(N)C2N1CCOCC1. The van der Waals surface area contributed by atoms with Crippen LogP contribution >= 0.6 is 0 Å². The summed E-state index contributed by atoms with van der Waals surface area (Å²) in [6, 6.07) is 6.17. The lowest BCUT2D eigenvalue weighted by molar-refractivity contribution is 0.00138. The van der Waals surface area contributed by atoms with Gasteiger partial charge in [-0.3, -0.25) is 4.90 Å². The molecule has 0 aromatic heterocycles. The first kappa shape index (κ1) is 12.7. The molecule has 0 aliphatic carbocycles. The van der Waals surface area contributed by atoms with Gasteiger partial charge in [-0.2, -0.15) is 0 Å². The van der Waals surface area contributed by atoms with E-state index in [2.05, 4.69) is 11.0 Å². The third kappa shape index (κ3) is 2.41. The van der Waals surface area contributed by atoms with Gasteiger partial charge in [-0.05, 0) is 12.1 Å². The third-order valence-electron chi connectivity index (χ3n) is 3.82. The van der Waals surface area contributed by atoms with E-state index in [-0.39, 0.29) is 12.1 Å². The van der Waals surface area contributed by atoms with Crippen LogP contribution in [0.3, 0.4) is 0 Å². The van der Waals surface area contributed by atoms with Crippen molar-refractivity contribution in [3.8, 4) is 11.5 Å². The number of hydrogen-bond donors (Lipinski definition) is 1. The second-order valence-corrected chi connectivity index (χ2v) is 4.97. The highest BCUT2D eigenvalue weighted by molar-refractivity contribution is 5.44. The Balaban J connectivity index is 1.91. The van der Waals surface area contributed by atoms with E-state index in [4.69, 9.17) is 19.9 Å². The zero-order valence-corrected chi connectivity index (χ0v) is 11.2. The number of nitrogens with zero attached hydrogens (tertiary/aromatic N) is 1. The fourth-order valence-corrected chi connectivity index (χ4v) is 2.84. The zero-order valence-electron chi connectivity index (χ0n) is 11.2. The van der Waals surface area contributed by atoms with E-state index in [1.807, 2.05) is 12.1 Å². The number of nitrogens with two attached hydrogens (primary N) is 1. The minimum Gasteiger partial charge on any atom is -0.497 e. The summed E-state index contributed by atoms with van der Waals surface area (Å²) in [7, 11) is 1.66. The topological polar surface area (TPSA) is 57.0 Å². The van der Waals surface area contributed by atoms with Crippen LogP contribution in [0.15, 0.2) is 18.2 Å². The Hall–Kier alpha value is -1.30. The van der Waals surface area contributed by atoms with Crippen LogP contribution in [-0.2, 0) is 4.74 Å². The van der Waals surface area contributed by atoms with Crippen LogP contribution in [0.2, 0.25) is 0 Å². The van der Waals surface area contributed by atoms with Crippen molar-refractivity contribution in [2.75, 3.05) is 40.0 Å². The highest BCUT2D eigenvalue weighted by Gasteiger charge is 2.34. The van der Waals surface area contributed by atoms with Crippen LogP contribution in [0.4, 0.5) is 0 Å². The fourth-order valence-electron chi connectivity index (χ4n) is 2.84. The summed E-state index contributed by atoms with van der Waals surface area (Å²) in [5.41, 5.74) is 7.41. The van der Waals surface area contributed by atoms with Gasteiger partial charge in [0.1, 0.15) is 18.1 Å². The van der Waals surface area contributed by atoms with Crippen molar-refractivity contribution >= 4 is 0 Å². The molecular weight excluding hydrogens is 244 g/mol. The number of fused-ring (bicyclic) bond motifs is 1. The molecule has 0 amide bonds. The van der Waals surface area contributed by atoms with Gasteiger partial charge >= 0.3 is 0 Å². The van der Waals surface area contributed by atoms with E-state index >= 15 is 0 Å². The number of morpholine rings is 1. The molecule has 2 unspecified atom stereocenters. The van der Waals surface area contributed by atoms with E-state index in [0.29, 0.717) is 6.61 Å². The Morgan fingerprint density at radius 2 is 2.11 bits per heavy atom. The molecular formula is C14H20N2O3. The summed E-state index contributed by atoms with van der Waals surface area (Å²) in [4.78, 5) is 2.39. The molecule has 2 aliphatic rings. The third-order valence-corrected chi connectivity index (χ3v) is 3.82. The van der Waals surface area contributed by atoms with Gasteiger partial charge in [-0.1, -0.05) is 0 Å². The van der Waals surface area contributed by atoms with E-state index in [9.17, 15) is 0 Å². The molecule has 0 saturated carbocycles. The molecule has 5 heteroatoms. The Morgan fingerprint density at radius 1 is 1.32 bits per heavy atom. The quantitative estimate of drug-likeness (QED) is 0.856. The first-order valence-electron chi connectivity index (χ1n) is 6.67. The van der Waals surface area contributed by atoms with E-state index in [1.165, 1.54) is 0 Å². The molecule has 2 atom stereocenters. The minimum atomic E-state index is -0.000931. The van der Waals surface area contributed by atoms with Crippen molar-refractivity contribution in [1.82, 2.24) is 4.90 Å². The fraction of sp³-hybridized carbons (Fsp3) is 0.571. The number of benzene rings is 1.